The number of rotatable bonds is 7. The third kappa shape index (κ3) is 8.21. The normalized spacial score (nSPS) is 11.3. The summed E-state index contributed by atoms with van der Waals surface area (Å²) in [5, 5.41) is 6.39. The Kier molecular flexibility index (Phi) is 10.2. The zero-order chi connectivity index (χ0) is 18.9. The SMILES string of the molecule is CCNC(=NCc1cccc(F)c1)NCc1ccc(F)c(CN(C)C)c1.I. The van der Waals surface area contributed by atoms with E-state index in [1.807, 2.05) is 38.1 Å². The molecule has 27 heavy (non-hydrogen) atoms. The van der Waals surface area contributed by atoms with Gasteiger partial charge in [0, 0.05) is 25.2 Å². The number of aliphatic imine (C=N–C) groups is 1. The molecule has 0 aliphatic heterocycles. The first kappa shape index (κ1) is 23.3. The van der Waals surface area contributed by atoms with E-state index < -0.39 is 0 Å². The largest absolute Gasteiger partial charge is 0.357 e. The third-order valence-corrected chi connectivity index (χ3v) is 3.71. The van der Waals surface area contributed by atoms with Crippen molar-refractivity contribution in [3.63, 3.8) is 0 Å². The maximum Gasteiger partial charge on any atom is 0.191 e. The van der Waals surface area contributed by atoms with Crippen molar-refractivity contribution in [1.29, 1.82) is 0 Å². The first-order valence-electron chi connectivity index (χ1n) is 8.66. The van der Waals surface area contributed by atoms with Crippen LogP contribution in [0.15, 0.2) is 47.5 Å². The van der Waals surface area contributed by atoms with Gasteiger partial charge in [0.05, 0.1) is 6.54 Å². The highest BCUT2D eigenvalue weighted by Gasteiger charge is 2.06. The van der Waals surface area contributed by atoms with Gasteiger partial charge in [0.15, 0.2) is 5.96 Å². The summed E-state index contributed by atoms with van der Waals surface area (Å²) >= 11 is 0. The maximum atomic E-state index is 13.9. The monoisotopic (exact) mass is 488 g/mol. The van der Waals surface area contributed by atoms with Crippen LogP contribution in [0.2, 0.25) is 0 Å². The van der Waals surface area contributed by atoms with Gasteiger partial charge in [0.2, 0.25) is 0 Å². The number of halogens is 3. The van der Waals surface area contributed by atoms with Crippen LogP contribution in [-0.4, -0.2) is 31.5 Å². The molecule has 0 aliphatic rings. The minimum Gasteiger partial charge on any atom is -0.357 e. The summed E-state index contributed by atoms with van der Waals surface area (Å²) in [4.78, 5) is 6.40. The lowest BCUT2D eigenvalue weighted by Crippen LogP contribution is -2.36. The number of benzene rings is 2. The summed E-state index contributed by atoms with van der Waals surface area (Å²) in [5.41, 5.74) is 2.44. The van der Waals surface area contributed by atoms with Crippen LogP contribution in [0.3, 0.4) is 0 Å². The van der Waals surface area contributed by atoms with E-state index in [4.69, 9.17) is 0 Å². The quantitative estimate of drug-likeness (QED) is 0.353. The van der Waals surface area contributed by atoms with E-state index in [0.29, 0.717) is 37.7 Å². The Morgan fingerprint density at radius 1 is 1.04 bits per heavy atom. The van der Waals surface area contributed by atoms with Gasteiger partial charge in [0.1, 0.15) is 11.6 Å². The molecule has 4 nitrogen and oxygen atoms in total. The minimum absolute atomic E-state index is 0. The Hall–Kier alpha value is -1.74. The summed E-state index contributed by atoms with van der Waals surface area (Å²) in [6, 6.07) is 11.5. The second kappa shape index (κ2) is 11.9. The Morgan fingerprint density at radius 2 is 1.81 bits per heavy atom. The van der Waals surface area contributed by atoms with Gasteiger partial charge in [-0.2, -0.15) is 0 Å². The molecule has 0 atom stereocenters. The molecule has 0 heterocycles. The van der Waals surface area contributed by atoms with E-state index in [-0.39, 0.29) is 35.6 Å². The van der Waals surface area contributed by atoms with E-state index in [2.05, 4.69) is 15.6 Å². The van der Waals surface area contributed by atoms with Gasteiger partial charge in [-0.15, -0.1) is 24.0 Å². The smallest absolute Gasteiger partial charge is 0.191 e. The van der Waals surface area contributed by atoms with Gasteiger partial charge in [-0.05, 0) is 56.4 Å². The van der Waals surface area contributed by atoms with Gasteiger partial charge < -0.3 is 15.5 Å². The molecular weight excluding hydrogens is 461 g/mol. The number of guanidine groups is 1. The molecule has 0 amide bonds. The molecule has 2 aromatic rings. The minimum atomic E-state index is -0.268. The van der Waals surface area contributed by atoms with Gasteiger partial charge in [0.25, 0.3) is 0 Å². The van der Waals surface area contributed by atoms with Gasteiger partial charge in [-0.25, -0.2) is 13.8 Å². The molecular formula is C20H27F2IN4. The Balaban J connectivity index is 0.00000364. The van der Waals surface area contributed by atoms with E-state index in [1.54, 1.807) is 12.1 Å². The van der Waals surface area contributed by atoms with Gasteiger partial charge >= 0.3 is 0 Å². The topological polar surface area (TPSA) is 39.7 Å². The second-order valence-corrected chi connectivity index (χ2v) is 6.34. The molecule has 0 unspecified atom stereocenters. The second-order valence-electron chi connectivity index (χ2n) is 6.34. The van der Waals surface area contributed by atoms with Crippen molar-refractivity contribution >= 4 is 29.9 Å². The number of hydrogen-bond donors (Lipinski definition) is 2. The lowest BCUT2D eigenvalue weighted by Gasteiger charge is -2.14. The molecule has 0 aromatic heterocycles. The zero-order valence-corrected chi connectivity index (χ0v) is 18.3. The predicted octanol–water partition coefficient (Wildman–Crippen LogP) is 3.90. The van der Waals surface area contributed by atoms with Crippen molar-refractivity contribution in [1.82, 2.24) is 15.5 Å². The molecule has 148 valence electrons. The lowest BCUT2D eigenvalue weighted by atomic mass is 10.1. The van der Waals surface area contributed by atoms with Crippen LogP contribution in [0, 0.1) is 11.6 Å². The summed E-state index contributed by atoms with van der Waals surface area (Å²) < 4.78 is 27.1. The van der Waals surface area contributed by atoms with E-state index in [9.17, 15) is 8.78 Å². The lowest BCUT2D eigenvalue weighted by molar-refractivity contribution is 0.392. The van der Waals surface area contributed by atoms with Crippen molar-refractivity contribution in [2.45, 2.75) is 26.6 Å². The molecule has 7 heteroatoms. The Morgan fingerprint density at radius 3 is 2.48 bits per heavy atom. The van der Waals surface area contributed by atoms with E-state index in [1.165, 1.54) is 18.2 Å². The van der Waals surface area contributed by atoms with Crippen LogP contribution < -0.4 is 10.6 Å². The molecule has 0 aliphatic carbocycles. The fourth-order valence-electron chi connectivity index (χ4n) is 2.53. The van der Waals surface area contributed by atoms with Crippen LogP contribution in [0.5, 0.6) is 0 Å². The fourth-order valence-corrected chi connectivity index (χ4v) is 2.53. The van der Waals surface area contributed by atoms with Crippen LogP contribution in [0.4, 0.5) is 8.78 Å². The zero-order valence-electron chi connectivity index (χ0n) is 15.9. The molecule has 0 saturated heterocycles. The van der Waals surface area contributed by atoms with Crippen molar-refractivity contribution in [3.05, 3.63) is 70.8 Å². The van der Waals surface area contributed by atoms with Crippen molar-refractivity contribution in [2.24, 2.45) is 4.99 Å². The molecule has 0 fully saturated rings. The standard InChI is InChI=1S/C20H26F2N4.HI/c1-4-23-20(24-12-15-6-5-7-18(21)11-15)25-13-16-8-9-19(22)17(10-16)14-26(2)3;/h5-11H,4,12-14H2,1-3H3,(H2,23,24,25);1H. The molecule has 2 aromatic carbocycles. The van der Waals surface area contributed by atoms with Crippen molar-refractivity contribution in [2.75, 3.05) is 20.6 Å². The molecule has 0 radical (unpaired) electrons. The Labute approximate surface area is 177 Å². The van der Waals surface area contributed by atoms with Gasteiger partial charge in [-0.1, -0.05) is 18.2 Å². The van der Waals surface area contributed by atoms with Crippen LogP contribution in [-0.2, 0) is 19.6 Å². The molecule has 2 rings (SSSR count). The highest BCUT2D eigenvalue weighted by atomic mass is 127. The molecule has 0 spiro atoms. The third-order valence-electron chi connectivity index (χ3n) is 3.71. The number of nitrogens with zero attached hydrogens (tertiary/aromatic N) is 2. The summed E-state index contributed by atoms with van der Waals surface area (Å²) in [6.45, 7) is 4.14. The predicted molar refractivity (Wildman–Crippen MR) is 117 cm³/mol. The van der Waals surface area contributed by atoms with E-state index >= 15 is 0 Å². The molecule has 2 N–H and O–H groups in total. The highest BCUT2D eigenvalue weighted by Crippen LogP contribution is 2.12. The maximum absolute atomic E-state index is 13.9. The fraction of sp³-hybridized carbons (Fsp3) is 0.350. The van der Waals surface area contributed by atoms with Crippen molar-refractivity contribution in [3.8, 4) is 0 Å². The van der Waals surface area contributed by atoms with Crippen LogP contribution in [0.25, 0.3) is 0 Å². The summed E-state index contributed by atoms with van der Waals surface area (Å²) in [5.74, 6) is 0.166. The summed E-state index contributed by atoms with van der Waals surface area (Å²) in [6.07, 6.45) is 0. The average molecular weight is 488 g/mol. The first-order valence-corrected chi connectivity index (χ1v) is 8.66. The van der Waals surface area contributed by atoms with Crippen LogP contribution in [0.1, 0.15) is 23.6 Å². The first-order chi connectivity index (χ1) is 12.5. The van der Waals surface area contributed by atoms with Crippen molar-refractivity contribution < 1.29 is 8.78 Å². The van der Waals surface area contributed by atoms with E-state index in [0.717, 1.165) is 11.1 Å². The average Bonchev–Trinajstić information content (AvgIpc) is 2.59. The molecule has 0 saturated carbocycles. The number of nitrogens with one attached hydrogen (secondary N) is 2. The van der Waals surface area contributed by atoms with Crippen LogP contribution >= 0.6 is 24.0 Å². The Bertz CT molecular complexity index is 751. The molecule has 0 bridgehead atoms. The summed E-state index contributed by atoms with van der Waals surface area (Å²) in [7, 11) is 3.82. The number of hydrogen-bond acceptors (Lipinski definition) is 2. The highest BCUT2D eigenvalue weighted by molar-refractivity contribution is 14.0. The van der Waals surface area contributed by atoms with Gasteiger partial charge in [-0.3, -0.25) is 0 Å².